The largest absolute Gasteiger partial charge is 0.480 e. The number of halogens is 1. The van der Waals surface area contributed by atoms with Crippen LogP contribution in [-0.2, 0) is 4.79 Å². The van der Waals surface area contributed by atoms with Gasteiger partial charge in [0.15, 0.2) is 0 Å². The third-order valence-electron chi connectivity index (χ3n) is 2.38. The van der Waals surface area contributed by atoms with Crippen LogP contribution in [0.3, 0.4) is 0 Å². The van der Waals surface area contributed by atoms with Gasteiger partial charge in [-0.3, -0.25) is 9.59 Å². The van der Waals surface area contributed by atoms with Crippen molar-refractivity contribution in [1.82, 2.24) is 4.90 Å². The molecule has 0 aliphatic rings. The van der Waals surface area contributed by atoms with Gasteiger partial charge in [0.2, 0.25) is 0 Å². The molecule has 18 heavy (non-hydrogen) atoms. The Kier molecular flexibility index (Phi) is 5.09. The number of hydrogen-bond donors (Lipinski definition) is 1. The molecule has 1 aromatic carbocycles. The predicted molar refractivity (Wildman–Crippen MR) is 72.6 cm³/mol. The van der Waals surface area contributed by atoms with Crippen molar-refractivity contribution >= 4 is 27.8 Å². The highest BCUT2D eigenvalue weighted by Crippen LogP contribution is 2.17. The van der Waals surface area contributed by atoms with Crippen LogP contribution in [0.1, 0.15) is 15.9 Å². The van der Waals surface area contributed by atoms with E-state index in [2.05, 4.69) is 22.5 Å². The molecule has 0 saturated carbocycles. The van der Waals surface area contributed by atoms with Gasteiger partial charge in [0, 0.05) is 16.6 Å². The molecule has 4 nitrogen and oxygen atoms in total. The number of carboxylic acids is 1. The van der Waals surface area contributed by atoms with Gasteiger partial charge in [-0.15, -0.1) is 6.58 Å². The minimum absolute atomic E-state index is 0.209. The maximum absolute atomic E-state index is 12.2. The lowest BCUT2D eigenvalue weighted by Crippen LogP contribution is -2.36. The number of hydrogen-bond acceptors (Lipinski definition) is 2. The van der Waals surface area contributed by atoms with Crippen LogP contribution in [0.5, 0.6) is 0 Å². The van der Waals surface area contributed by atoms with Crippen LogP contribution < -0.4 is 0 Å². The molecule has 5 heteroatoms. The normalized spacial score (nSPS) is 9.89. The number of amides is 1. The minimum atomic E-state index is -1.04. The molecular formula is C13H14BrNO3. The first-order chi connectivity index (χ1) is 8.45. The van der Waals surface area contributed by atoms with Gasteiger partial charge in [0.25, 0.3) is 5.91 Å². The van der Waals surface area contributed by atoms with Crippen LogP contribution in [0.2, 0.25) is 0 Å². The first-order valence-electron chi connectivity index (χ1n) is 5.33. The molecule has 1 rings (SSSR count). The highest BCUT2D eigenvalue weighted by atomic mass is 79.9. The van der Waals surface area contributed by atoms with Gasteiger partial charge in [-0.1, -0.05) is 22.0 Å². The number of carbonyl (C=O) groups excluding carboxylic acids is 1. The Morgan fingerprint density at radius 2 is 2.17 bits per heavy atom. The molecule has 0 spiro atoms. The third kappa shape index (κ3) is 3.70. The monoisotopic (exact) mass is 311 g/mol. The number of aliphatic carboxylic acids is 1. The van der Waals surface area contributed by atoms with Crippen molar-refractivity contribution < 1.29 is 14.7 Å². The quantitative estimate of drug-likeness (QED) is 0.850. The Bertz CT molecular complexity index is 485. The van der Waals surface area contributed by atoms with Crippen LogP contribution in [-0.4, -0.2) is 35.0 Å². The number of aryl methyl sites for hydroxylation is 1. The maximum Gasteiger partial charge on any atom is 0.323 e. The fourth-order valence-electron chi connectivity index (χ4n) is 1.58. The SMILES string of the molecule is C=CCN(CC(=O)O)C(=O)c1ccc(Br)cc1C. The molecule has 0 atom stereocenters. The van der Waals surface area contributed by atoms with Crippen molar-refractivity contribution in [3.05, 3.63) is 46.5 Å². The lowest BCUT2D eigenvalue weighted by Gasteiger charge is -2.20. The first-order valence-corrected chi connectivity index (χ1v) is 6.13. The van der Waals surface area contributed by atoms with Gasteiger partial charge in [0.05, 0.1) is 0 Å². The standard InChI is InChI=1S/C13H14BrNO3/c1-3-6-15(8-12(16)17)13(18)11-5-4-10(14)7-9(11)2/h3-5,7H,1,6,8H2,2H3,(H,16,17). The van der Waals surface area contributed by atoms with Crippen LogP contribution in [0.4, 0.5) is 0 Å². The first kappa shape index (κ1) is 14.4. The van der Waals surface area contributed by atoms with Crippen molar-refractivity contribution in [2.45, 2.75) is 6.92 Å². The summed E-state index contributed by atoms with van der Waals surface area (Å²) in [7, 11) is 0. The van der Waals surface area contributed by atoms with Crippen LogP contribution in [0.15, 0.2) is 35.3 Å². The number of carboxylic acid groups (broad SMARTS) is 1. The van der Waals surface area contributed by atoms with E-state index < -0.39 is 5.97 Å². The Morgan fingerprint density at radius 3 is 2.67 bits per heavy atom. The smallest absolute Gasteiger partial charge is 0.323 e. The lowest BCUT2D eigenvalue weighted by atomic mass is 10.1. The molecule has 0 fully saturated rings. The Balaban J connectivity index is 3.01. The molecule has 1 amide bonds. The zero-order chi connectivity index (χ0) is 13.7. The molecule has 1 N–H and O–H groups in total. The van der Waals surface area contributed by atoms with E-state index in [0.29, 0.717) is 5.56 Å². The maximum atomic E-state index is 12.2. The summed E-state index contributed by atoms with van der Waals surface area (Å²) < 4.78 is 0.880. The topological polar surface area (TPSA) is 57.6 Å². The zero-order valence-corrected chi connectivity index (χ0v) is 11.6. The van der Waals surface area contributed by atoms with Gasteiger partial charge >= 0.3 is 5.97 Å². The molecule has 0 aromatic heterocycles. The summed E-state index contributed by atoms with van der Waals surface area (Å²) in [6.07, 6.45) is 1.51. The summed E-state index contributed by atoms with van der Waals surface area (Å²) >= 11 is 3.32. The molecule has 0 unspecified atom stereocenters. The van der Waals surface area contributed by atoms with Crippen molar-refractivity contribution in [3.63, 3.8) is 0 Å². The molecule has 0 heterocycles. The second kappa shape index (κ2) is 6.35. The van der Waals surface area contributed by atoms with E-state index in [4.69, 9.17) is 5.11 Å². The highest BCUT2D eigenvalue weighted by molar-refractivity contribution is 9.10. The van der Waals surface area contributed by atoms with E-state index in [1.165, 1.54) is 11.0 Å². The summed E-state index contributed by atoms with van der Waals surface area (Å²) in [6, 6.07) is 5.26. The number of rotatable bonds is 5. The Hall–Kier alpha value is -1.62. The molecule has 0 radical (unpaired) electrons. The molecule has 0 bridgehead atoms. The Labute approximate surface area is 114 Å². The summed E-state index contributed by atoms with van der Waals surface area (Å²) in [5.74, 6) is -1.35. The van der Waals surface area contributed by atoms with E-state index >= 15 is 0 Å². The fraction of sp³-hybridized carbons (Fsp3) is 0.231. The summed E-state index contributed by atoms with van der Waals surface area (Å²) in [6.45, 7) is 5.21. The Morgan fingerprint density at radius 1 is 1.50 bits per heavy atom. The van der Waals surface area contributed by atoms with Crippen molar-refractivity contribution in [2.24, 2.45) is 0 Å². The van der Waals surface area contributed by atoms with Crippen LogP contribution >= 0.6 is 15.9 Å². The van der Waals surface area contributed by atoms with Gasteiger partial charge in [-0.25, -0.2) is 0 Å². The third-order valence-corrected chi connectivity index (χ3v) is 2.87. The second-order valence-electron chi connectivity index (χ2n) is 3.83. The van der Waals surface area contributed by atoms with Crippen molar-refractivity contribution in [1.29, 1.82) is 0 Å². The minimum Gasteiger partial charge on any atom is -0.480 e. The molecular weight excluding hydrogens is 298 g/mol. The fourth-order valence-corrected chi connectivity index (χ4v) is 2.05. The van der Waals surface area contributed by atoms with Crippen molar-refractivity contribution in [3.8, 4) is 0 Å². The number of benzene rings is 1. The molecule has 1 aromatic rings. The predicted octanol–water partition coefficient (Wildman–Crippen LogP) is 2.47. The van der Waals surface area contributed by atoms with E-state index in [1.807, 2.05) is 13.0 Å². The summed E-state index contributed by atoms with van der Waals surface area (Å²) in [5, 5.41) is 8.78. The lowest BCUT2D eigenvalue weighted by molar-refractivity contribution is -0.137. The number of carbonyl (C=O) groups is 2. The summed E-state index contributed by atoms with van der Waals surface area (Å²) in [4.78, 5) is 24.2. The van der Waals surface area contributed by atoms with Gasteiger partial charge < -0.3 is 10.0 Å². The highest BCUT2D eigenvalue weighted by Gasteiger charge is 2.18. The zero-order valence-electron chi connectivity index (χ0n) is 10.0. The number of nitrogens with zero attached hydrogens (tertiary/aromatic N) is 1. The van der Waals surface area contributed by atoms with E-state index in [0.717, 1.165) is 10.0 Å². The molecule has 0 aliphatic heterocycles. The van der Waals surface area contributed by atoms with E-state index in [1.54, 1.807) is 12.1 Å². The van der Waals surface area contributed by atoms with Crippen LogP contribution in [0, 0.1) is 6.92 Å². The van der Waals surface area contributed by atoms with Gasteiger partial charge in [-0.2, -0.15) is 0 Å². The van der Waals surface area contributed by atoms with E-state index in [-0.39, 0.29) is 19.0 Å². The van der Waals surface area contributed by atoms with Crippen molar-refractivity contribution in [2.75, 3.05) is 13.1 Å². The van der Waals surface area contributed by atoms with Gasteiger partial charge in [-0.05, 0) is 30.7 Å². The second-order valence-corrected chi connectivity index (χ2v) is 4.74. The average Bonchev–Trinajstić information content (AvgIpc) is 2.27. The van der Waals surface area contributed by atoms with E-state index in [9.17, 15) is 9.59 Å². The van der Waals surface area contributed by atoms with Crippen LogP contribution in [0.25, 0.3) is 0 Å². The van der Waals surface area contributed by atoms with Gasteiger partial charge in [0.1, 0.15) is 6.54 Å². The summed E-state index contributed by atoms with van der Waals surface area (Å²) in [5.41, 5.74) is 1.30. The molecule has 0 aliphatic carbocycles. The molecule has 96 valence electrons. The average molecular weight is 312 g/mol. The molecule has 0 saturated heterocycles.